The Kier molecular flexibility index (Phi) is 14.2. The lowest BCUT2D eigenvalue weighted by molar-refractivity contribution is -0.141. The van der Waals surface area contributed by atoms with Crippen molar-refractivity contribution in [3.8, 4) is 0 Å². The molecule has 0 amide bonds. The van der Waals surface area contributed by atoms with Crippen molar-refractivity contribution in [2.45, 2.75) is 71.6 Å². The molecular formula is C17H30O2. The van der Waals surface area contributed by atoms with Crippen molar-refractivity contribution in [1.82, 2.24) is 0 Å². The summed E-state index contributed by atoms with van der Waals surface area (Å²) in [4.78, 5) is 10.5. The fraction of sp³-hybridized carbons (Fsp3) is 0.706. The van der Waals surface area contributed by atoms with E-state index in [0.717, 1.165) is 19.3 Å². The zero-order valence-corrected chi connectivity index (χ0v) is 12.7. The fourth-order valence-corrected chi connectivity index (χ4v) is 1.73. The minimum Gasteiger partial charge on any atom is -0.466 e. The van der Waals surface area contributed by atoms with Crippen molar-refractivity contribution < 1.29 is 9.53 Å². The summed E-state index contributed by atoms with van der Waals surface area (Å²) < 4.78 is 4.86. The van der Waals surface area contributed by atoms with Crippen LogP contribution in [-0.2, 0) is 9.53 Å². The molecule has 0 aromatic rings. The van der Waals surface area contributed by atoms with Crippen molar-refractivity contribution in [1.29, 1.82) is 0 Å². The van der Waals surface area contributed by atoms with E-state index >= 15 is 0 Å². The zero-order valence-electron chi connectivity index (χ0n) is 12.7. The summed E-state index contributed by atoms with van der Waals surface area (Å²) in [5.41, 5.74) is 0. The molecule has 0 spiro atoms. The molecule has 0 bridgehead atoms. The van der Waals surface area contributed by atoms with E-state index in [-0.39, 0.29) is 5.97 Å². The van der Waals surface area contributed by atoms with Crippen LogP contribution in [0.2, 0.25) is 0 Å². The molecule has 2 nitrogen and oxygen atoms in total. The van der Waals surface area contributed by atoms with E-state index in [1.165, 1.54) is 45.4 Å². The van der Waals surface area contributed by atoms with Crippen LogP contribution in [0.5, 0.6) is 0 Å². The number of ether oxygens (including phenoxy) is 1. The average Bonchev–Trinajstić information content (AvgIpc) is 2.39. The third kappa shape index (κ3) is 16.9. The Hall–Kier alpha value is -1.05. The molecule has 0 rings (SSSR count). The van der Waals surface area contributed by atoms with E-state index in [1.54, 1.807) is 0 Å². The van der Waals surface area contributed by atoms with Crippen molar-refractivity contribution in [2.24, 2.45) is 0 Å². The van der Waals surface area contributed by atoms with Gasteiger partial charge in [-0.25, -0.2) is 0 Å². The minimum atomic E-state index is -0.184. The number of unbranched alkanes of at least 4 members (excludes halogenated alkanes) is 6. The summed E-state index contributed by atoms with van der Waals surface area (Å²) >= 11 is 0. The van der Waals surface area contributed by atoms with E-state index in [1.807, 2.05) is 0 Å². The van der Waals surface area contributed by atoms with Crippen molar-refractivity contribution in [2.75, 3.05) is 6.61 Å². The van der Waals surface area contributed by atoms with Gasteiger partial charge in [0.15, 0.2) is 0 Å². The highest BCUT2D eigenvalue weighted by Gasteiger charge is 1.90. The summed E-state index contributed by atoms with van der Waals surface area (Å²) in [5.74, 6) is -0.184. The second-order valence-corrected chi connectivity index (χ2v) is 4.85. The van der Waals surface area contributed by atoms with Crippen LogP contribution in [0, 0.1) is 0 Å². The quantitative estimate of drug-likeness (QED) is 0.276. The van der Waals surface area contributed by atoms with Gasteiger partial charge in [-0.05, 0) is 44.9 Å². The van der Waals surface area contributed by atoms with E-state index in [0.29, 0.717) is 6.61 Å². The highest BCUT2D eigenvalue weighted by molar-refractivity contribution is 5.65. The molecule has 0 aliphatic heterocycles. The molecule has 0 fully saturated rings. The highest BCUT2D eigenvalue weighted by Crippen LogP contribution is 2.04. The standard InChI is InChI=1S/C17H30O2/c1-3-4-5-6-7-8-9-10-11-12-13-14-15-16-19-17(2)18/h6-7,12-13H,3-5,8-11,14-16H2,1-2H3/b7-6-,13-12-. The third-order valence-electron chi connectivity index (χ3n) is 2.87. The molecule has 0 aliphatic carbocycles. The van der Waals surface area contributed by atoms with Gasteiger partial charge in [0, 0.05) is 6.92 Å². The third-order valence-corrected chi connectivity index (χ3v) is 2.87. The van der Waals surface area contributed by atoms with E-state index < -0.39 is 0 Å². The van der Waals surface area contributed by atoms with Crippen molar-refractivity contribution in [3.05, 3.63) is 24.3 Å². The van der Waals surface area contributed by atoms with E-state index in [9.17, 15) is 4.79 Å². The molecule has 0 atom stereocenters. The SMILES string of the molecule is CCCC/C=C\CCCC/C=C\CCCOC(C)=O. The second kappa shape index (κ2) is 15.0. The van der Waals surface area contributed by atoms with Gasteiger partial charge in [-0.3, -0.25) is 4.79 Å². The van der Waals surface area contributed by atoms with Crippen LogP contribution >= 0.6 is 0 Å². The van der Waals surface area contributed by atoms with Gasteiger partial charge in [0.2, 0.25) is 0 Å². The number of hydrogen-bond acceptors (Lipinski definition) is 2. The van der Waals surface area contributed by atoms with Gasteiger partial charge in [-0.2, -0.15) is 0 Å². The maximum absolute atomic E-state index is 10.5. The molecule has 0 saturated heterocycles. The molecular weight excluding hydrogens is 236 g/mol. The summed E-state index contributed by atoms with van der Waals surface area (Å²) in [6.07, 6.45) is 19.7. The summed E-state index contributed by atoms with van der Waals surface area (Å²) in [6, 6.07) is 0. The zero-order chi connectivity index (χ0) is 14.2. The summed E-state index contributed by atoms with van der Waals surface area (Å²) in [7, 11) is 0. The molecule has 110 valence electrons. The monoisotopic (exact) mass is 266 g/mol. The normalized spacial score (nSPS) is 11.5. The van der Waals surface area contributed by atoms with E-state index in [2.05, 4.69) is 31.2 Å². The second-order valence-electron chi connectivity index (χ2n) is 4.85. The predicted molar refractivity (Wildman–Crippen MR) is 82.1 cm³/mol. The largest absolute Gasteiger partial charge is 0.466 e. The molecule has 0 N–H and O–H groups in total. The summed E-state index contributed by atoms with van der Waals surface area (Å²) in [5, 5.41) is 0. The first-order valence-electron chi connectivity index (χ1n) is 7.70. The van der Waals surface area contributed by atoms with Crippen LogP contribution in [0.3, 0.4) is 0 Å². The average molecular weight is 266 g/mol. The first-order chi connectivity index (χ1) is 9.27. The number of hydrogen-bond donors (Lipinski definition) is 0. The van der Waals surface area contributed by atoms with Crippen LogP contribution in [0.25, 0.3) is 0 Å². The van der Waals surface area contributed by atoms with Crippen LogP contribution in [0.15, 0.2) is 24.3 Å². The summed E-state index contributed by atoms with van der Waals surface area (Å²) in [6.45, 7) is 4.22. The molecule has 2 heteroatoms. The maximum atomic E-state index is 10.5. The lowest BCUT2D eigenvalue weighted by Crippen LogP contribution is -1.99. The van der Waals surface area contributed by atoms with Gasteiger partial charge in [0.05, 0.1) is 6.61 Å². The first kappa shape index (κ1) is 17.9. The first-order valence-corrected chi connectivity index (χ1v) is 7.70. The fourth-order valence-electron chi connectivity index (χ4n) is 1.73. The minimum absolute atomic E-state index is 0.184. The predicted octanol–water partition coefficient (Wildman–Crippen LogP) is 5.19. The van der Waals surface area contributed by atoms with Crippen LogP contribution in [-0.4, -0.2) is 12.6 Å². The Bertz CT molecular complexity index is 254. The molecule has 0 unspecified atom stereocenters. The number of carbonyl (C=O) groups excluding carboxylic acids is 1. The van der Waals surface area contributed by atoms with Gasteiger partial charge >= 0.3 is 5.97 Å². The lowest BCUT2D eigenvalue weighted by atomic mass is 10.1. The van der Waals surface area contributed by atoms with Gasteiger partial charge in [-0.15, -0.1) is 0 Å². The molecule has 0 heterocycles. The maximum Gasteiger partial charge on any atom is 0.302 e. The molecule has 0 radical (unpaired) electrons. The van der Waals surface area contributed by atoms with Crippen LogP contribution in [0.1, 0.15) is 71.6 Å². The van der Waals surface area contributed by atoms with Gasteiger partial charge in [0.25, 0.3) is 0 Å². The van der Waals surface area contributed by atoms with E-state index in [4.69, 9.17) is 4.74 Å². The smallest absolute Gasteiger partial charge is 0.302 e. The van der Waals surface area contributed by atoms with Gasteiger partial charge in [-0.1, -0.05) is 44.1 Å². The molecule has 19 heavy (non-hydrogen) atoms. The van der Waals surface area contributed by atoms with Crippen molar-refractivity contribution >= 4 is 5.97 Å². The number of allylic oxidation sites excluding steroid dienone is 4. The van der Waals surface area contributed by atoms with Crippen LogP contribution < -0.4 is 0 Å². The number of carbonyl (C=O) groups is 1. The Balaban J connectivity index is 3.16. The Morgan fingerprint density at radius 2 is 1.32 bits per heavy atom. The highest BCUT2D eigenvalue weighted by atomic mass is 16.5. The Morgan fingerprint density at radius 3 is 1.79 bits per heavy atom. The van der Waals surface area contributed by atoms with Crippen LogP contribution in [0.4, 0.5) is 0 Å². The molecule has 0 aromatic heterocycles. The number of rotatable bonds is 12. The Labute approximate surface area is 118 Å². The van der Waals surface area contributed by atoms with Gasteiger partial charge in [0.1, 0.15) is 0 Å². The van der Waals surface area contributed by atoms with Gasteiger partial charge < -0.3 is 4.74 Å². The molecule has 0 aromatic carbocycles. The van der Waals surface area contributed by atoms with Crippen molar-refractivity contribution in [3.63, 3.8) is 0 Å². The lowest BCUT2D eigenvalue weighted by Gasteiger charge is -1.98. The molecule has 0 saturated carbocycles. The Morgan fingerprint density at radius 1 is 0.842 bits per heavy atom. The topological polar surface area (TPSA) is 26.3 Å². The molecule has 0 aliphatic rings. The number of esters is 1.